The highest BCUT2D eigenvalue weighted by atomic mass is 32.2. The number of rotatable bonds is 6. The van der Waals surface area contributed by atoms with Gasteiger partial charge in [0.25, 0.3) is 0 Å². The van der Waals surface area contributed by atoms with Crippen LogP contribution in [0.3, 0.4) is 0 Å². The molecule has 1 aliphatic carbocycles. The monoisotopic (exact) mass is 318 g/mol. The lowest BCUT2D eigenvalue weighted by molar-refractivity contribution is -0.274. The smallest absolute Gasteiger partial charge is 0.406 e. The molecule has 0 bridgehead atoms. The molecule has 0 heterocycles. The van der Waals surface area contributed by atoms with Crippen LogP contribution >= 0.6 is 11.8 Å². The Balaban J connectivity index is 1.78. The van der Waals surface area contributed by atoms with E-state index >= 15 is 0 Å². The van der Waals surface area contributed by atoms with Crippen LogP contribution in [-0.4, -0.2) is 23.1 Å². The minimum Gasteiger partial charge on any atom is -0.406 e. The summed E-state index contributed by atoms with van der Waals surface area (Å²) in [5.74, 6) is 0.321. The molecule has 6 heteroatoms. The quantitative estimate of drug-likeness (QED) is 0.779. The Hall–Kier alpha value is -1.17. The number of Topliss-reactive ketones (excluding diaryl/α,β-unsaturated/α-hetero) is 1. The van der Waals surface area contributed by atoms with Crippen molar-refractivity contribution in [3.63, 3.8) is 0 Å². The number of benzene rings is 1. The highest BCUT2D eigenvalue weighted by Gasteiger charge is 2.30. The molecule has 1 saturated carbocycles. The summed E-state index contributed by atoms with van der Waals surface area (Å²) in [4.78, 5) is 11.9. The molecule has 0 amide bonds. The number of carbonyl (C=O) groups excluding carboxylic acids is 1. The van der Waals surface area contributed by atoms with Gasteiger partial charge >= 0.3 is 6.36 Å². The van der Waals surface area contributed by atoms with Crippen LogP contribution in [0.4, 0.5) is 13.2 Å². The van der Waals surface area contributed by atoms with Crippen molar-refractivity contribution in [3.05, 3.63) is 29.8 Å². The topological polar surface area (TPSA) is 26.3 Å². The van der Waals surface area contributed by atoms with Gasteiger partial charge in [0.05, 0.1) is 5.75 Å². The third-order valence-electron chi connectivity index (χ3n) is 3.34. The lowest BCUT2D eigenvalue weighted by Gasteiger charge is -2.10. The fourth-order valence-corrected chi connectivity index (χ4v) is 3.54. The van der Waals surface area contributed by atoms with Crippen molar-refractivity contribution in [1.82, 2.24) is 0 Å². The predicted molar refractivity (Wildman–Crippen MR) is 76.6 cm³/mol. The molecule has 116 valence electrons. The third-order valence-corrected chi connectivity index (χ3v) is 4.77. The van der Waals surface area contributed by atoms with Crippen molar-refractivity contribution in [2.45, 2.75) is 43.7 Å². The molecule has 2 rings (SSSR count). The van der Waals surface area contributed by atoms with Crippen molar-refractivity contribution in [1.29, 1.82) is 0 Å². The SMILES string of the molecule is O=C(CSC1CCCC1)Cc1ccc(OC(F)(F)F)cc1. The summed E-state index contributed by atoms with van der Waals surface area (Å²) in [7, 11) is 0. The van der Waals surface area contributed by atoms with Crippen LogP contribution in [0.15, 0.2) is 24.3 Å². The number of carbonyl (C=O) groups is 1. The maximum absolute atomic E-state index is 12.0. The molecule has 0 spiro atoms. The number of ether oxygens (including phenoxy) is 1. The lowest BCUT2D eigenvalue weighted by atomic mass is 10.1. The molecule has 1 aromatic carbocycles. The zero-order valence-corrected chi connectivity index (χ0v) is 12.3. The molecule has 1 fully saturated rings. The van der Waals surface area contributed by atoms with Crippen molar-refractivity contribution in [2.75, 3.05) is 5.75 Å². The van der Waals surface area contributed by atoms with Gasteiger partial charge in [0.15, 0.2) is 0 Å². The van der Waals surface area contributed by atoms with E-state index in [1.165, 1.54) is 49.9 Å². The molecule has 0 radical (unpaired) electrons. The average molecular weight is 318 g/mol. The summed E-state index contributed by atoms with van der Waals surface area (Å²) < 4.78 is 39.9. The Kier molecular flexibility index (Phi) is 5.56. The van der Waals surface area contributed by atoms with Crippen LogP contribution < -0.4 is 4.74 Å². The molecule has 0 unspecified atom stereocenters. The Bertz CT molecular complexity index is 465. The lowest BCUT2D eigenvalue weighted by Crippen LogP contribution is -2.17. The Labute approximate surface area is 126 Å². The van der Waals surface area contributed by atoms with E-state index in [4.69, 9.17) is 0 Å². The molecule has 0 saturated heterocycles. The minimum atomic E-state index is -4.69. The van der Waals surface area contributed by atoms with Gasteiger partial charge in [-0.3, -0.25) is 4.79 Å². The van der Waals surface area contributed by atoms with Gasteiger partial charge in [-0.1, -0.05) is 25.0 Å². The van der Waals surface area contributed by atoms with E-state index in [1.54, 1.807) is 11.8 Å². The van der Waals surface area contributed by atoms with Crippen LogP contribution in [0.5, 0.6) is 5.75 Å². The number of hydrogen-bond donors (Lipinski definition) is 0. The zero-order valence-electron chi connectivity index (χ0n) is 11.5. The van der Waals surface area contributed by atoms with E-state index in [9.17, 15) is 18.0 Å². The summed E-state index contributed by atoms with van der Waals surface area (Å²) in [6, 6.07) is 5.47. The number of hydrogen-bond acceptors (Lipinski definition) is 3. The molecule has 0 N–H and O–H groups in total. The standard InChI is InChI=1S/C15H17F3O2S/c16-15(17,18)20-13-7-5-11(6-8-13)9-12(19)10-21-14-3-1-2-4-14/h5-8,14H,1-4,9-10H2. The average Bonchev–Trinajstić information content (AvgIpc) is 2.90. The van der Waals surface area contributed by atoms with Crippen LogP contribution in [0.1, 0.15) is 31.2 Å². The third kappa shape index (κ3) is 5.99. The van der Waals surface area contributed by atoms with E-state index < -0.39 is 6.36 Å². The molecule has 21 heavy (non-hydrogen) atoms. The maximum Gasteiger partial charge on any atom is 0.573 e. The van der Waals surface area contributed by atoms with Gasteiger partial charge in [-0.2, -0.15) is 11.8 Å². The van der Waals surface area contributed by atoms with E-state index in [1.807, 2.05) is 0 Å². The van der Waals surface area contributed by atoms with Gasteiger partial charge in [0.2, 0.25) is 0 Å². The van der Waals surface area contributed by atoms with Gasteiger partial charge in [-0.05, 0) is 30.5 Å². The van der Waals surface area contributed by atoms with Crippen LogP contribution in [0.2, 0.25) is 0 Å². The number of alkyl halides is 3. The molecule has 2 nitrogen and oxygen atoms in total. The number of ketones is 1. The Morgan fingerprint density at radius 3 is 2.38 bits per heavy atom. The first-order valence-electron chi connectivity index (χ1n) is 6.90. The maximum atomic E-state index is 12.0. The largest absolute Gasteiger partial charge is 0.573 e. The summed E-state index contributed by atoms with van der Waals surface area (Å²) in [5, 5.41) is 0.594. The van der Waals surface area contributed by atoms with E-state index in [0.29, 0.717) is 16.6 Å². The Morgan fingerprint density at radius 2 is 1.81 bits per heavy atom. The van der Waals surface area contributed by atoms with Crippen LogP contribution in [0.25, 0.3) is 0 Å². The molecule has 0 atom stereocenters. The van der Waals surface area contributed by atoms with Crippen LogP contribution in [0, 0.1) is 0 Å². The second-order valence-electron chi connectivity index (χ2n) is 5.12. The first kappa shape index (κ1) is 16.2. The van der Waals surface area contributed by atoms with Crippen molar-refractivity contribution in [3.8, 4) is 5.75 Å². The van der Waals surface area contributed by atoms with Crippen LogP contribution in [-0.2, 0) is 11.2 Å². The highest BCUT2D eigenvalue weighted by molar-refractivity contribution is 8.00. The van der Waals surface area contributed by atoms with Gasteiger partial charge in [-0.15, -0.1) is 13.2 Å². The minimum absolute atomic E-state index is 0.108. The summed E-state index contributed by atoms with van der Waals surface area (Å²) in [6.45, 7) is 0. The summed E-state index contributed by atoms with van der Waals surface area (Å²) >= 11 is 1.70. The molecule has 1 aliphatic rings. The first-order chi connectivity index (χ1) is 9.92. The van der Waals surface area contributed by atoms with Gasteiger partial charge in [-0.25, -0.2) is 0 Å². The fraction of sp³-hybridized carbons (Fsp3) is 0.533. The van der Waals surface area contributed by atoms with Gasteiger partial charge in [0.1, 0.15) is 11.5 Å². The second-order valence-corrected chi connectivity index (χ2v) is 6.41. The molecule has 1 aromatic rings. The molecular formula is C15H17F3O2S. The fourth-order valence-electron chi connectivity index (χ4n) is 2.35. The predicted octanol–water partition coefficient (Wildman–Crippen LogP) is 4.37. The highest BCUT2D eigenvalue weighted by Crippen LogP contribution is 2.29. The normalized spacial score (nSPS) is 16.1. The van der Waals surface area contributed by atoms with Gasteiger partial charge in [0, 0.05) is 11.7 Å². The van der Waals surface area contributed by atoms with Crippen molar-refractivity contribution < 1.29 is 22.7 Å². The van der Waals surface area contributed by atoms with E-state index in [-0.39, 0.29) is 18.0 Å². The summed E-state index contributed by atoms with van der Waals surface area (Å²) in [6.07, 6.45) is 0.420. The molecular weight excluding hydrogens is 301 g/mol. The van der Waals surface area contributed by atoms with Crippen molar-refractivity contribution in [2.24, 2.45) is 0 Å². The van der Waals surface area contributed by atoms with E-state index in [2.05, 4.69) is 4.74 Å². The zero-order chi connectivity index (χ0) is 15.3. The number of halogens is 3. The van der Waals surface area contributed by atoms with Crippen molar-refractivity contribution >= 4 is 17.5 Å². The first-order valence-corrected chi connectivity index (χ1v) is 7.95. The summed E-state index contributed by atoms with van der Waals surface area (Å²) in [5.41, 5.74) is 0.710. The number of thioether (sulfide) groups is 1. The molecule has 0 aliphatic heterocycles. The Morgan fingerprint density at radius 1 is 1.19 bits per heavy atom. The molecule has 0 aromatic heterocycles. The van der Waals surface area contributed by atoms with E-state index in [0.717, 1.165) is 0 Å². The second kappa shape index (κ2) is 7.20. The van der Waals surface area contributed by atoms with Gasteiger partial charge < -0.3 is 4.74 Å².